The van der Waals surface area contributed by atoms with Crippen molar-refractivity contribution in [1.29, 1.82) is 0 Å². The van der Waals surface area contributed by atoms with Crippen LogP contribution in [0.2, 0.25) is 0 Å². The molecule has 5 heteroatoms. The average molecular weight is 297 g/mol. The normalized spacial score (nSPS) is 11.5. The van der Waals surface area contributed by atoms with Gasteiger partial charge in [-0.15, -0.1) is 5.10 Å². The van der Waals surface area contributed by atoms with Gasteiger partial charge in [0.05, 0.1) is 18.0 Å². The van der Waals surface area contributed by atoms with Crippen molar-refractivity contribution in [2.24, 2.45) is 5.92 Å². The molecule has 0 aliphatic rings. The topological polar surface area (TPSA) is 71.2 Å². The van der Waals surface area contributed by atoms with Crippen LogP contribution in [0.25, 0.3) is 16.5 Å². The van der Waals surface area contributed by atoms with Gasteiger partial charge in [0.15, 0.2) is 0 Å². The Morgan fingerprint density at radius 2 is 1.82 bits per heavy atom. The lowest BCUT2D eigenvalue weighted by molar-refractivity contribution is 0.275. The van der Waals surface area contributed by atoms with E-state index in [0.29, 0.717) is 11.6 Å². The van der Waals surface area contributed by atoms with Crippen LogP contribution in [0.15, 0.2) is 36.4 Å². The molecule has 0 aliphatic heterocycles. The Bertz CT molecular complexity index is 809. The van der Waals surface area contributed by atoms with Crippen LogP contribution >= 0.6 is 0 Å². The highest BCUT2D eigenvalue weighted by molar-refractivity contribution is 5.94. The largest absolute Gasteiger partial charge is 0.507 e. The molecule has 2 N–H and O–H groups in total. The molecule has 1 aromatic heterocycles. The molecule has 0 bridgehead atoms. The summed E-state index contributed by atoms with van der Waals surface area (Å²) >= 11 is 0. The lowest BCUT2D eigenvalue weighted by Crippen LogP contribution is -2.07. The van der Waals surface area contributed by atoms with Crippen LogP contribution < -0.4 is 0 Å². The molecule has 5 nitrogen and oxygen atoms in total. The molecule has 1 heterocycles. The zero-order chi connectivity index (χ0) is 15.7. The standard InChI is InChI=1S/C17H19N3O2/c1-11(2)9-16-14(10-21)18-19-20(16)15-7-3-6-13-12(15)5-4-8-17(13)22/h3-8,11,21-22H,9-10H2,1-2H3. The predicted octanol–water partition coefficient (Wildman–Crippen LogP) is 2.82. The van der Waals surface area contributed by atoms with E-state index in [0.717, 1.165) is 28.6 Å². The van der Waals surface area contributed by atoms with Gasteiger partial charge in [-0.1, -0.05) is 43.3 Å². The highest BCUT2D eigenvalue weighted by atomic mass is 16.3. The molecule has 22 heavy (non-hydrogen) atoms. The second-order valence-corrected chi connectivity index (χ2v) is 5.80. The van der Waals surface area contributed by atoms with Crippen molar-refractivity contribution in [2.75, 3.05) is 0 Å². The number of hydrogen-bond acceptors (Lipinski definition) is 4. The van der Waals surface area contributed by atoms with Crippen LogP contribution in [-0.2, 0) is 13.0 Å². The van der Waals surface area contributed by atoms with Gasteiger partial charge in [0.25, 0.3) is 0 Å². The molecule has 0 amide bonds. The number of aromatic hydroxyl groups is 1. The molecule has 114 valence electrons. The molecular weight excluding hydrogens is 278 g/mol. The van der Waals surface area contributed by atoms with Crippen LogP contribution in [0.5, 0.6) is 5.75 Å². The van der Waals surface area contributed by atoms with Gasteiger partial charge in [-0.3, -0.25) is 0 Å². The number of nitrogens with zero attached hydrogens (tertiary/aromatic N) is 3. The third kappa shape index (κ3) is 2.44. The fourth-order valence-electron chi connectivity index (χ4n) is 2.70. The number of hydrogen-bond donors (Lipinski definition) is 2. The molecule has 0 spiro atoms. The molecule has 0 aliphatic carbocycles. The third-order valence-electron chi connectivity index (χ3n) is 3.70. The highest BCUT2D eigenvalue weighted by Gasteiger charge is 2.16. The SMILES string of the molecule is CC(C)Cc1c(CO)nnn1-c1cccc2c(O)cccc12. The van der Waals surface area contributed by atoms with E-state index in [1.54, 1.807) is 10.7 Å². The van der Waals surface area contributed by atoms with Crippen molar-refractivity contribution in [3.8, 4) is 11.4 Å². The fraction of sp³-hybridized carbons (Fsp3) is 0.294. The first-order valence-electron chi connectivity index (χ1n) is 7.37. The minimum Gasteiger partial charge on any atom is -0.507 e. The van der Waals surface area contributed by atoms with Gasteiger partial charge in [0.2, 0.25) is 0 Å². The van der Waals surface area contributed by atoms with Gasteiger partial charge in [0.1, 0.15) is 11.4 Å². The number of aromatic nitrogens is 3. The molecule has 0 radical (unpaired) electrons. The highest BCUT2D eigenvalue weighted by Crippen LogP contribution is 2.30. The first-order chi connectivity index (χ1) is 10.6. The van der Waals surface area contributed by atoms with Crippen molar-refractivity contribution < 1.29 is 10.2 Å². The van der Waals surface area contributed by atoms with Crippen LogP contribution in [-0.4, -0.2) is 25.2 Å². The quantitative estimate of drug-likeness (QED) is 0.777. The van der Waals surface area contributed by atoms with Gasteiger partial charge in [-0.25, -0.2) is 4.68 Å². The molecule has 0 atom stereocenters. The molecular formula is C17H19N3O2. The molecule has 3 rings (SSSR count). The van der Waals surface area contributed by atoms with Gasteiger partial charge >= 0.3 is 0 Å². The van der Waals surface area contributed by atoms with E-state index in [2.05, 4.69) is 24.2 Å². The summed E-state index contributed by atoms with van der Waals surface area (Å²) in [5, 5.41) is 29.5. The van der Waals surface area contributed by atoms with E-state index in [-0.39, 0.29) is 12.4 Å². The minimum absolute atomic E-state index is 0.127. The lowest BCUT2D eigenvalue weighted by Gasteiger charge is -2.12. The molecule has 2 aromatic carbocycles. The van der Waals surface area contributed by atoms with Gasteiger partial charge in [-0.05, 0) is 24.5 Å². The van der Waals surface area contributed by atoms with E-state index >= 15 is 0 Å². The molecule has 0 fully saturated rings. The molecule has 0 saturated heterocycles. The second kappa shape index (κ2) is 5.77. The Morgan fingerprint density at radius 1 is 1.09 bits per heavy atom. The summed E-state index contributed by atoms with van der Waals surface area (Å²) in [4.78, 5) is 0. The first kappa shape index (κ1) is 14.5. The van der Waals surface area contributed by atoms with Crippen molar-refractivity contribution in [1.82, 2.24) is 15.0 Å². The zero-order valence-corrected chi connectivity index (χ0v) is 12.7. The Balaban J connectivity index is 2.24. The Kier molecular flexibility index (Phi) is 3.81. The molecule has 0 unspecified atom stereocenters. The second-order valence-electron chi connectivity index (χ2n) is 5.80. The van der Waals surface area contributed by atoms with Crippen LogP contribution in [0, 0.1) is 5.92 Å². The van der Waals surface area contributed by atoms with E-state index in [1.807, 2.05) is 30.3 Å². The van der Waals surface area contributed by atoms with E-state index in [4.69, 9.17) is 0 Å². The number of phenols is 1. The lowest BCUT2D eigenvalue weighted by atomic mass is 10.0. The summed E-state index contributed by atoms with van der Waals surface area (Å²) in [6, 6.07) is 11.1. The Hall–Kier alpha value is -2.40. The molecule has 3 aromatic rings. The summed E-state index contributed by atoms with van der Waals surface area (Å²) < 4.78 is 1.77. The number of phenolic OH excluding ortho intramolecular Hbond substituents is 1. The summed E-state index contributed by atoms with van der Waals surface area (Å²) in [5.74, 6) is 0.665. The number of fused-ring (bicyclic) bond motifs is 1. The van der Waals surface area contributed by atoms with Gasteiger partial charge < -0.3 is 10.2 Å². The van der Waals surface area contributed by atoms with Crippen molar-refractivity contribution in [2.45, 2.75) is 26.9 Å². The third-order valence-corrected chi connectivity index (χ3v) is 3.70. The number of aliphatic hydroxyl groups excluding tert-OH is 1. The van der Waals surface area contributed by atoms with E-state index < -0.39 is 0 Å². The number of rotatable bonds is 4. The van der Waals surface area contributed by atoms with Crippen molar-refractivity contribution in [3.63, 3.8) is 0 Å². The first-order valence-corrected chi connectivity index (χ1v) is 7.37. The monoisotopic (exact) mass is 297 g/mol. The molecule has 0 saturated carbocycles. The summed E-state index contributed by atoms with van der Waals surface area (Å²) in [6.45, 7) is 4.11. The Morgan fingerprint density at radius 3 is 2.55 bits per heavy atom. The average Bonchev–Trinajstić information content (AvgIpc) is 2.89. The Labute approximate surface area is 128 Å². The zero-order valence-electron chi connectivity index (χ0n) is 12.7. The van der Waals surface area contributed by atoms with E-state index in [9.17, 15) is 10.2 Å². The van der Waals surface area contributed by atoms with Crippen LogP contribution in [0.4, 0.5) is 0 Å². The number of benzene rings is 2. The summed E-state index contributed by atoms with van der Waals surface area (Å²) in [6.07, 6.45) is 0.776. The van der Waals surface area contributed by atoms with E-state index in [1.165, 1.54) is 0 Å². The van der Waals surface area contributed by atoms with Crippen LogP contribution in [0.1, 0.15) is 25.2 Å². The predicted molar refractivity (Wildman–Crippen MR) is 85.0 cm³/mol. The maximum absolute atomic E-state index is 10.0. The summed E-state index contributed by atoms with van der Waals surface area (Å²) in [7, 11) is 0. The number of aliphatic hydroxyl groups is 1. The van der Waals surface area contributed by atoms with Crippen molar-refractivity contribution >= 4 is 10.8 Å². The maximum Gasteiger partial charge on any atom is 0.123 e. The smallest absolute Gasteiger partial charge is 0.123 e. The maximum atomic E-state index is 10.0. The van der Waals surface area contributed by atoms with Crippen molar-refractivity contribution in [3.05, 3.63) is 47.8 Å². The fourth-order valence-corrected chi connectivity index (χ4v) is 2.70. The minimum atomic E-state index is -0.127. The van der Waals surface area contributed by atoms with Gasteiger partial charge in [0, 0.05) is 10.8 Å². The summed E-state index contributed by atoms with van der Waals surface area (Å²) in [5.41, 5.74) is 2.37. The van der Waals surface area contributed by atoms with Gasteiger partial charge in [-0.2, -0.15) is 0 Å². The van der Waals surface area contributed by atoms with Crippen LogP contribution in [0.3, 0.4) is 0 Å².